The number of guanidine groups is 1. The number of likely N-dealkylation sites (N-methyl/N-ethyl adjacent to an activating group) is 2. The summed E-state index contributed by atoms with van der Waals surface area (Å²) >= 11 is 1.55. The van der Waals surface area contributed by atoms with E-state index < -0.39 is 11.7 Å². The van der Waals surface area contributed by atoms with E-state index in [1.807, 2.05) is 17.3 Å². The Labute approximate surface area is 172 Å². The Balaban J connectivity index is 2.11. The molecule has 1 aromatic carbocycles. The van der Waals surface area contributed by atoms with Crippen molar-refractivity contribution in [2.45, 2.75) is 19.1 Å². The van der Waals surface area contributed by atoms with Crippen LogP contribution in [0.15, 0.2) is 40.8 Å². The molecule has 0 fully saturated rings. The zero-order chi connectivity index (χ0) is 21.4. The van der Waals surface area contributed by atoms with Crippen molar-refractivity contribution in [1.29, 1.82) is 0 Å². The predicted molar refractivity (Wildman–Crippen MR) is 108 cm³/mol. The minimum absolute atomic E-state index is 0.0377. The molecule has 0 saturated heterocycles. The van der Waals surface area contributed by atoms with Gasteiger partial charge in [0.2, 0.25) is 5.91 Å². The van der Waals surface area contributed by atoms with E-state index in [9.17, 15) is 18.0 Å². The Kier molecular flexibility index (Phi) is 8.00. The molecule has 1 heterocycles. The standard InChI is InChI=1S/C19H24F3N5OS/c1-26(2)17(28)13-25-18(27(3)9-7-16-23-8-10-29-16)24-12-14-5-4-6-15(11-14)19(20,21)22/h4-6,8,10-11H,7,9,12-13H2,1-3H3,(H,24,25). The number of hydrogen-bond acceptors (Lipinski definition) is 4. The van der Waals surface area contributed by atoms with Crippen LogP contribution in [0.1, 0.15) is 16.1 Å². The second-order valence-corrected chi connectivity index (χ2v) is 7.56. The van der Waals surface area contributed by atoms with Gasteiger partial charge in [-0.2, -0.15) is 13.2 Å². The summed E-state index contributed by atoms with van der Waals surface area (Å²) < 4.78 is 38.7. The summed E-state index contributed by atoms with van der Waals surface area (Å²) in [5.41, 5.74) is -0.272. The molecule has 1 N–H and O–H groups in total. The normalized spacial score (nSPS) is 12.0. The molecule has 0 radical (unpaired) electrons. The van der Waals surface area contributed by atoms with Crippen molar-refractivity contribution in [2.24, 2.45) is 4.99 Å². The lowest BCUT2D eigenvalue weighted by Gasteiger charge is -2.23. The van der Waals surface area contributed by atoms with E-state index in [0.717, 1.165) is 17.1 Å². The molecule has 1 amide bonds. The Morgan fingerprint density at radius 3 is 2.66 bits per heavy atom. The molecule has 0 unspecified atom stereocenters. The van der Waals surface area contributed by atoms with Crippen molar-refractivity contribution in [3.63, 3.8) is 0 Å². The number of benzene rings is 1. The summed E-state index contributed by atoms with van der Waals surface area (Å²) in [6.07, 6.45) is -1.97. The van der Waals surface area contributed by atoms with Gasteiger partial charge in [0.05, 0.1) is 23.7 Å². The van der Waals surface area contributed by atoms with E-state index >= 15 is 0 Å². The maximum Gasteiger partial charge on any atom is 0.416 e. The molecule has 6 nitrogen and oxygen atoms in total. The summed E-state index contributed by atoms with van der Waals surface area (Å²) in [5.74, 6) is 0.305. The van der Waals surface area contributed by atoms with Crippen molar-refractivity contribution < 1.29 is 18.0 Å². The number of aliphatic imine (C=N–C) groups is 1. The molecule has 0 aliphatic rings. The van der Waals surface area contributed by atoms with Gasteiger partial charge in [0, 0.05) is 45.7 Å². The fourth-order valence-corrected chi connectivity index (χ4v) is 2.99. The molecule has 2 aromatic rings. The third-order valence-corrected chi connectivity index (χ3v) is 4.91. The molecule has 0 aliphatic carbocycles. The highest BCUT2D eigenvalue weighted by molar-refractivity contribution is 7.09. The topological polar surface area (TPSA) is 60.8 Å². The molecular formula is C19H24F3N5OS. The summed E-state index contributed by atoms with van der Waals surface area (Å²) in [7, 11) is 5.11. The van der Waals surface area contributed by atoms with Crippen LogP contribution in [0, 0.1) is 0 Å². The summed E-state index contributed by atoms with van der Waals surface area (Å²) in [5, 5.41) is 5.86. The first-order chi connectivity index (χ1) is 13.7. The molecular weight excluding hydrogens is 403 g/mol. The second-order valence-electron chi connectivity index (χ2n) is 6.58. The number of nitrogens with one attached hydrogen (secondary N) is 1. The lowest BCUT2D eigenvalue weighted by atomic mass is 10.1. The number of amides is 1. The van der Waals surface area contributed by atoms with Crippen LogP contribution in [0.4, 0.5) is 13.2 Å². The van der Waals surface area contributed by atoms with Crippen LogP contribution in [0.2, 0.25) is 0 Å². The molecule has 0 aliphatic heterocycles. The van der Waals surface area contributed by atoms with Gasteiger partial charge in [0.25, 0.3) is 0 Å². The van der Waals surface area contributed by atoms with Crippen LogP contribution >= 0.6 is 11.3 Å². The third-order valence-electron chi connectivity index (χ3n) is 4.07. The number of alkyl halides is 3. The maximum atomic E-state index is 12.9. The Morgan fingerprint density at radius 2 is 2.03 bits per heavy atom. The molecule has 0 bridgehead atoms. The number of nitrogens with zero attached hydrogens (tertiary/aromatic N) is 4. The molecule has 0 spiro atoms. The average Bonchev–Trinajstić information content (AvgIpc) is 3.19. The van der Waals surface area contributed by atoms with Gasteiger partial charge in [-0.1, -0.05) is 12.1 Å². The zero-order valence-corrected chi connectivity index (χ0v) is 17.3. The van der Waals surface area contributed by atoms with Gasteiger partial charge in [-0.3, -0.25) is 4.79 Å². The van der Waals surface area contributed by atoms with Crippen LogP contribution in [-0.4, -0.2) is 60.9 Å². The Bertz CT molecular complexity index is 822. The van der Waals surface area contributed by atoms with Gasteiger partial charge in [0.15, 0.2) is 5.96 Å². The van der Waals surface area contributed by atoms with Gasteiger partial charge in [0.1, 0.15) is 0 Å². The first-order valence-electron chi connectivity index (χ1n) is 8.91. The van der Waals surface area contributed by atoms with Crippen molar-refractivity contribution >= 4 is 23.2 Å². The molecule has 0 saturated carbocycles. The molecule has 29 heavy (non-hydrogen) atoms. The van der Waals surface area contributed by atoms with Crippen molar-refractivity contribution in [3.8, 4) is 0 Å². The van der Waals surface area contributed by atoms with E-state index in [1.54, 1.807) is 37.7 Å². The smallest absolute Gasteiger partial charge is 0.347 e. The van der Waals surface area contributed by atoms with E-state index in [2.05, 4.69) is 15.3 Å². The van der Waals surface area contributed by atoms with Gasteiger partial charge >= 0.3 is 6.18 Å². The van der Waals surface area contributed by atoms with Gasteiger partial charge in [-0.25, -0.2) is 9.98 Å². The highest BCUT2D eigenvalue weighted by atomic mass is 32.1. The van der Waals surface area contributed by atoms with Crippen LogP contribution < -0.4 is 5.32 Å². The number of carbonyl (C=O) groups is 1. The predicted octanol–water partition coefficient (Wildman–Crippen LogP) is 2.87. The van der Waals surface area contributed by atoms with E-state index in [-0.39, 0.29) is 19.0 Å². The quantitative estimate of drug-likeness (QED) is 0.545. The number of thiazole rings is 1. The fourth-order valence-electron chi connectivity index (χ4n) is 2.38. The van der Waals surface area contributed by atoms with Crippen LogP contribution in [0.5, 0.6) is 0 Å². The highest BCUT2D eigenvalue weighted by Gasteiger charge is 2.30. The number of hydrogen-bond donors (Lipinski definition) is 1. The minimum atomic E-state index is -4.40. The second kappa shape index (κ2) is 10.2. The number of carbonyl (C=O) groups excluding carboxylic acids is 1. The van der Waals surface area contributed by atoms with Gasteiger partial charge in [-0.05, 0) is 17.7 Å². The highest BCUT2D eigenvalue weighted by Crippen LogP contribution is 2.29. The Morgan fingerprint density at radius 1 is 1.28 bits per heavy atom. The van der Waals surface area contributed by atoms with Crippen molar-refractivity contribution in [2.75, 3.05) is 34.2 Å². The van der Waals surface area contributed by atoms with Crippen LogP contribution in [-0.2, 0) is 23.9 Å². The Hall–Kier alpha value is -2.62. The van der Waals surface area contributed by atoms with E-state index in [1.165, 1.54) is 11.0 Å². The number of rotatable bonds is 7. The molecule has 2 rings (SSSR count). The summed E-state index contributed by atoms with van der Waals surface area (Å²) in [4.78, 5) is 23.8. The van der Waals surface area contributed by atoms with Crippen molar-refractivity contribution in [3.05, 3.63) is 52.0 Å². The number of halogens is 3. The average molecular weight is 427 g/mol. The lowest BCUT2D eigenvalue weighted by Crippen LogP contribution is -2.44. The van der Waals surface area contributed by atoms with Gasteiger partial charge in [-0.15, -0.1) is 11.3 Å². The SMILES string of the molecule is CN(C)C(=O)CNC(=NCc1cccc(C(F)(F)F)c1)N(C)CCc1nccs1. The summed E-state index contributed by atoms with van der Waals surface area (Å²) in [6.45, 7) is 0.693. The van der Waals surface area contributed by atoms with Gasteiger partial charge < -0.3 is 15.1 Å². The molecule has 1 aromatic heterocycles. The maximum absolute atomic E-state index is 12.9. The fraction of sp³-hybridized carbons (Fsp3) is 0.421. The largest absolute Gasteiger partial charge is 0.416 e. The first kappa shape index (κ1) is 22.7. The lowest BCUT2D eigenvalue weighted by molar-refractivity contribution is -0.137. The molecule has 0 atom stereocenters. The van der Waals surface area contributed by atoms with E-state index in [0.29, 0.717) is 24.5 Å². The van der Waals surface area contributed by atoms with E-state index in [4.69, 9.17) is 0 Å². The van der Waals surface area contributed by atoms with Crippen molar-refractivity contribution in [1.82, 2.24) is 20.1 Å². The molecule has 10 heteroatoms. The summed E-state index contributed by atoms with van der Waals surface area (Å²) in [6, 6.07) is 5.07. The van der Waals surface area contributed by atoms with Crippen LogP contribution in [0.25, 0.3) is 0 Å². The van der Waals surface area contributed by atoms with Crippen LogP contribution in [0.3, 0.4) is 0 Å². The number of aromatic nitrogens is 1. The monoisotopic (exact) mass is 427 g/mol. The molecule has 158 valence electrons. The first-order valence-corrected chi connectivity index (χ1v) is 9.79. The zero-order valence-electron chi connectivity index (χ0n) is 16.5. The minimum Gasteiger partial charge on any atom is -0.347 e. The third kappa shape index (κ3) is 7.37.